The molecule has 1 aliphatic rings. The molecule has 1 saturated heterocycles. The fraction of sp³-hybridized carbons (Fsp3) is 0.478. The molecule has 2 heterocycles. The molecule has 1 fully saturated rings. The number of nitrogens with one attached hydrogen (secondary N) is 2. The van der Waals surface area contributed by atoms with E-state index in [9.17, 15) is 19.2 Å². The molecule has 1 aromatic heterocycles. The Hall–Kier alpha value is -3.28. The molecule has 0 aliphatic carbocycles. The maximum Gasteiger partial charge on any atom is 0.411 e. The molecule has 0 radical (unpaired) electrons. The maximum absolute atomic E-state index is 13.2. The molecular weight excluding hydrogens is 524 g/mol. The van der Waals surface area contributed by atoms with E-state index < -0.39 is 47.3 Å². The van der Waals surface area contributed by atoms with Crippen molar-refractivity contribution in [1.29, 1.82) is 0 Å². The molecule has 0 bridgehead atoms. The number of benzene rings is 1. The van der Waals surface area contributed by atoms with Crippen LogP contribution in [0.4, 0.5) is 15.3 Å². The average Bonchev–Trinajstić information content (AvgIpc) is 3.00. The molecule has 3 rings (SSSR count). The highest BCUT2D eigenvalue weighted by Crippen LogP contribution is 2.34. The predicted molar refractivity (Wildman–Crippen MR) is 131 cm³/mol. The number of carbonyl (C=O) groups is 4. The number of amides is 4. The summed E-state index contributed by atoms with van der Waals surface area (Å²) < 4.78 is 16.9. The van der Waals surface area contributed by atoms with Crippen LogP contribution >= 0.6 is 15.9 Å². The second-order valence-corrected chi connectivity index (χ2v) is 11.0. The monoisotopic (exact) mass is 552 g/mol. The van der Waals surface area contributed by atoms with Crippen LogP contribution in [0.3, 0.4) is 0 Å². The Labute approximate surface area is 210 Å². The number of halogens is 1. The number of fused-ring (bicyclic) bond motifs is 1. The SMILES string of the molecule is CC(C)(C)OC(=O)NC1C(C(=O)Nc2c(C(N)=O)oc3ccc(Br)cc23)CN1C(=O)OC(C)(C)C. The van der Waals surface area contributed by atoms with Crippen LogP contribution in [0.15, 0.2) is 27.1 Å². The number of anilines is 1. The zero-order valence-corrected chi connectivity index (χ0v) is 21.9. The van der Waals surface area contributed by atoms with Crippen LogP contribution in [0.1, 0.15) is 52.1 Å². The first kappa shape index (κ1) is 26.3. The van der Waals surface area contributed by atoms with Crippen LogP contribution in [0.5, 0.6) is 0 Å². The summed E-state index contributed by atoms with van der Waals surface area (Å²) in [5.41, 5.74) is 4.34. The summed E-state index contributed by atoms with van der Waals surface area (Å²) >= 11 is 3.35. The van der Waals surface area contributed by atoms with Crippen molar-refractivity contribution in [3.05, 3.63) is 28.4 Å². The summed E-state index contributed by atoms with van der Waals surface area (Å²) in [5.74, 6) is -2.50. The standard InChI is InChI=1S/C23H29BrN4O7/c1-22(2,3)34-20(31)27-18-13(10-28(18)21(32)35-23(4,5)6)19(30)26-15-12-9-11(24)7-8-14(12)33-16(15)17(25)29/h7-9,13,18H,10H2,1-6H3,(H2,25,29)(H,26,30)(H,27,31). The van der Waals surface area contributed by atoms with Gasteiger partial charge in [-0.1, -0.05) is 15.9 Å². The van der Waals surface area contributed by atoms with Gasteiger partial charge in [-0.2, -0.15) is 0 Å². The van der Waals surface area contributed by atoms with Crippen molar-refractivity contribution in [2.45, 2.75) is 58.9 Å². The number of rotatable bonds is 4. The van der Waals surface area contributed by atoms with E-state index in [4.69, 9.17) is 19.6 Å². The zero-order chi connectivity index (χ0) is 26.3. The van der Waals surface area contributed by atoms with Gasteiger partial charge in [-0.25, -0.2) is 9.59 Å². The van der Waals surface area contributed by atoms with Crippen molar-refractivity contribution in [2.75, 3.05) is 11.9 Å². The largest absolute Gasteiger partial charge is 0.449 e. The van der Waals surface area contributed by atoms with Gasteiger partial charge in [0.15, 0.2) is 0 Å². The molecule has 12 heteroatoms. The number of likely N-dealkylation sites (tertiary alicyclic amines) is 1. The number of hydrogen-bond acceptors (Lipinski definition) is 7. The molecule has 0 saturated carbocycles. The van der Waals surface area contributed by atoms with Crippen molar-refractivity contribution < 1.29 is 33.1 Å². The van der Waals surface area contributed by atoms with Gasteiger partial charge in [0.2, 0.25) is 11.7 Å². The van der Waals surface area contributed by atoms with Gasteiger partial charge in [0.05, 0.1) is 5.92 Å². The van der Waals surface area contributed by atoms with Crippen LogP contribution in [0.25, 0.3) is 11.0 Å². The van der Waals surface area contributed by atoms with Gasteiger partial charge in [0.1, 0.15) is 28.6 Å². The quantitative estimate of drug-likeness (QED) is 0.518. The molecular formula is C23H29BrN4O7. The third kappa shape index (κ3) is 6.24. The molecule has 35 heavy (non-hydrogen) atoms. The van der Waals surface area contributed by atoms with Crippen molar-refractivity contribution in [3.8, 4) is 0 Å². The van der Waals surface area contributed by atoms with Crippen molar-refractivity contribution in [1.82, 2.24) is 10.2 Å². The summed E-state index contributed by atoms with van der Waals surface area (Å²) in [6.45, 7) is 10.2. The fourth-order valence-electron chi connectivity index (χ4n) is 3.43. The fourth-order valence-corrected chi connectivity index (χ4v) is 3.79. The van der Waals surface area contributed by atoms with Crippen LogP contribution in [0, 0.1) is 5.92 Å². The average molecular weight is 553 g/mol. The highest BCUT2D eigenvalue weighted by Gasteiger charge is 2.49. The highest BCUT2D eigenvalue weighted by atomic mass is 79.9. The Kier molecular flexibility index (Phi) is 7.07. The Balaban J connectivity index is 1.86. The Bertz CT molecular complexity index is 1180. The lowest BCUT2D eigenvalue weighted by molar-refractivity contribution is -0.129. The minimum Gasteiger partial charge on any atom is -0.449 e. The summed E-state index contributed by atoms with van der Waals surface area (Å²) in [4.78, 5) is 51.5. The van der Waals surface area contributed by atoms with Gasteiger partial charge in [-0.15, -0.1) is 0 Å². The number of nitrogens with zero attached hydrogens (tertiary/aromatic N) is 1. The molecule has 1 aliphatic heterocycles. The van der Waals surface area contributed by atoms with Crippen LogP contribution in [-0.2, 0) is 14.3 Å². The van der Waals surface area contributed by atoms with E-state index >= 15 is 0 Å². The third-order valence-corrected chi connectivity index (χ3v) is 5.35. The molecule has 4 N–H and O–H groups in total. The third-order valence-electron chi connectivity index (χ3n) is 4.86. The van der Waals surface area contributed by atoms with E-state index in [-0.39, 0.29) is 18.0 Å². The lowest BCUT2D eigenvalue weighted by Crippen LogP contribution is -2.69. The molecule has 4 amide bonds. The molecule has 0 spiro atoms. The van der Waals surface area contributed by atoms with E-state index in [0.717, 1.165) is 0 Å². The Morgan fingerprint density at radius 3 is 2.29 bits per heavy atom. The van der Waals surface area contributed by atoms with Crippen molar-refractivity contribution >= 4 is 56.6 Å². The molecule has 1 aromatic carbocycles. The van der Waals surface area contributed by atoms with Crippen LogP contribution < -0.4 is 16.4 Å². The van der Waals surface area contributed by atoms with E-state index in [1.807, 2.05) is 0 Å². The number of primary amides is 1. The first-order chi connectivity index (χ1) is 16.1. The minimum absolute atomic E-state index is 0.0351. The number of nitrogens with two attached hydrogens (primary N) is 1. The van der Waals surface area contributed by atoms with E-state index in [1.165, 1.54) is 4.90 Å². The second-order valence-electron chi connectivity index (χ2n) is 10.1. The van der Waals surface area contributed by atoms with Gasteiger partial charge in [-0.3, -0.25) is 14.5 Å². The van der Waals surface area contributed by atoms with Crippen LogP contribution in [-0.4, -0.2) is 52.8 Å². The maximum atomic E-state index is 13.2. The summed E-state index contributed by atoms with van der Waals surface area (Å²) in [7, 11) is 0. The van der Waals surface area contributed by atoms with E-state index in [2.05, 4.69) is 26.6 Å². The second kappa shape index (κ2) is 9.40. The number of hydrogen-bond donors (Lipinski definition) is 3. The molecule has 190 valence electrons. The molecule has 2 unspecified atom stereocenters. The Morgan fingerprint density at radius 1 is 1.09 bits per heavy atom. The lowest BCUT2D eigenvalue weighted by atomic mass is 9.94. The number of carbonyl (C=O) groups excluding carboxylic acids is 4. The van der Waals surface area contributed by atoms with Crippen molar-refractivity contribution in [3.63, 3.8) is 0 Å². The summed E-state index contributed by atoms with van der Waals surface area (Å²) in [6.07, 6.45) is -2.54. The topological polar surface area (TPSA) is 153 Å². The van der Waals surface area contributed by atoms with Crippen LogP contribution in [0.2, 0.25) is 0 Å². The molecule has 2 aromatic rings. The smallest absolute Gasteiger partial charge is 0.411 e. The Morgan fingerprint density at radius 2 is 1.71 bits per heavy atom. The zero-order valence-electron chi connectivity index (χ0n) is 20.4. The number of furan rings is 1. The highest BCUT2D eigenvalue weighted by molar-refractivity contribution is 9.10. The first-order valence-electron chi connectivity index (χ1n) is 10.9. The van der Waals surface area contributed by atoms with Gasteiger partial charge in [0.25, 0.3) is 5.91 Å². The van der Waals surface area contributed by atoms with Gasteiger partial charge in [-0.05, 0) is 59.7 Å². The van der Waals surface area contributed by atoms with Gasteiger partial charge >= 0.3 is 12.2 Å². The summed E-state index contributed by atoms with van der Waals surface area (Å²) in [5, 5.41) is 5.70. The van der Waals surface area contributed by atoms with E-state index in [0.29, 0.717) is 15.4 Å². The lowest BCUT2D eigenvalue weighted by Gasteiger charge is -2.46. The van der Waals surface area contributed by atoms with Gasteiger partial charge < -0.3 is 30.3 Å². The number of alkyl carbamates (subject to hydrolysis) is 1. The summed E-state index contributed by atoms with van der Waals surface area (Å²) in [6, 6.07) is 5.01. The number of ether oxygens (including phenoxy) is 2. The predicted octanol–water partition coefficient (Wildman–Crippen LogP) is 3.95. The minimum atomic E-state index is -1.04. The normalized spacial score (nSPS) is 18.0. The van der Waals surface area contributed by atoms with Crippen molar-refractivity contribution in [2.24, 2.45) is 11.7 Å². The van der Waals surface area contributed by atoms with E-state index in [1.54, 1.807) is 59.7 Å². The van der Waals surface area contributed by atoms with Gasteiger partial charge in [0, 0.05) is 16.4 Å². The molecule has 11 nitrogen and oxygen atoms in total. The molecule has 2 atom stereocenters. The first-order valence-corrected chi connectivity index (χ1v) is 11.7.